The summed E-state index contributed by atoms with van der Waals surface area (Å²) in [6, 6.07) is 0. The van der Waals surface area contributed by atoms with Crippen LogP contribution in [0, 0.1) is 41.7 Å². The molecule has 0 fully saturated rings. The summed E-state index contributed by atoms with van der Waals surface area (Å²) in [6.45, 7) is 1.77. The zero-order valence-electron chi connectivity index (χ0n) is 6.48. The second kappa shape index (κ2) is 8.89. The van der Waals surface area contributed by atoms with Crippen molar-refractivity contribution in [1.82, 2.24) is 0 Å². The normalized spacial score (nSPS) is 9.75. The van der Waals surface area contributed by atoms with Gasteiger partial charge < -0.3 is 9.84 Å². The second-order valence-electron chi connectivity index (χ2n) is 1.57. The molecule has 0 spiro atoms. The maximum absolute atomic E-state index is 10.4. The van der Waals surface area contributed by atoms with Gasteiger partial charge in [0.2, 0.25) is 0 Å². The third-order valence-corrected chi connectivity index (χ3v) is 0.724. The van der Waals surface area contributed by atoms with E-state index in [9.17, 15) is 9.59 Å². The van der Waals surface area contributed by atoms with Crippen LogP contribution in [-0.4, -0.2) is 17.2 Å². The van der Waals surface area contributed by atoms with Crippen LogP contribution in [0.25, 0.3) is 0 Å². The molecule has 0 aliphatic carbocycles. The standard InChI is InChI=1S/C7H8O4.Ce/c1-2-3-4-5-6(8)11-7(9)10;/h2-5H,1H3,(H,9,10);/b3-2+,5-4+;. The Hall–Kier alpha value is -0.203. The van der Waals surface area contributed by atoms with Crippen LogP contribution in [-0.2, 0) is 9.53 Å². The van der Waals surface area contributed by atoms with E-state index in [-0.39, 0.29) is 41.7 Å². The maximum Gasteiger partial charge on any atom is 0.513 e. The molecule has 0 bridgehead atoms. The summed E-state index contributed by atoms with van der Waals surface area (Å²) in [7, 11) is 0. The Morgan fingerprint density at radius 1 is 1.33 bits per heavy atom. The van der Waals surface area contributed by atoms with Gasteiger partial charge in [-0.25, -0.2) is 9.59 Å². The molecular formula is C7H8CeO4. The van der Waals surface area contributed by atoms with E-state index in [4.69, 9.17) is 5.11 Å². The molecule has 5 heteroatoms. The first kappa shape index (κ1) is 14.3. The van der Waals surface area contributed by atoms with Crippen molar-refractivity contribution in [3.05, 3.63) is 24.3 Å². The summed E-state index contributed by atoms with van der Waals surface area (Å²) in [5, 5.41) is 7.95. The molecule has 0 unspecified atom stereocenters. The number of carboxylic acid groups (broad SMARTS) is 1. The third kappa shape index (κ3) is 9.80. The van der Waals surface area contributed by atoms with Crippen molar-refractivity contribution in [2.75, 3.05) is 0 Å². The van der Waals surface area contributed by atoms with Gasteiger partial charge in [0.05, 0.1) is 0 Å². The molecule has 0 rings (SSSR count). The molecule has 0 amide bonds. The van der Waals surface area contributed by atoms with Crippen LogP contribution in [0.4, 0.5) is 4.79 Å². The average molecular weight is 296 g/mol. The van der Waals surface area contributed by atoms with Crippen molar-refractivity contribution in [2.24, 2.45) is 0 Å². The summed E-state index contributed by atoms with van der Waals surface area (Å²) < 4.78 is 3.75. The number of esters is 1. The van der Waals surface area contributed by atoms with Gasteiger partial charge in [-0.2, -0.15) is 0 Å². The molecule has 0 aromatic rings. The van der Waals surface area contributed by atoms with Gasteiger partial charge in [-0.1, -0.05) is 18.2 Å². The van der Waals surface area contributed by atoms with Gasteiger partial charge in [0.25, 0.3) is 0 Å². The van der Waals surface area contributed by atoms with Crippen molar-refractivity contribution in [3.63, 3.8) is 0 Å². The van der Waals surface area contributed by atoms with E-state index in [1.165, 1.54) is 6.08 Å². The molecule has 0 aromatic heterocycles. The molecule has 0 aliphatic rings. The van der Waals surface area contributed by atoms with Crippen LogP contribution in [0.2, 0.25) is 0 Å². The fraction of sp³-hybridized carbons (Fsp3) is 0.143. The van der Waals surface area contributed by atoms with Gasteiger partial charge in [-0.3, -0.25) is 0 Å². The Kier molecular flexibility index (Phi) is 10.6. The number of hydrogen-bond donors (Lipinski definition) is 1. The first-order valence-corrected chi connectivity index (χ1v) is 2.91. The number of rotatable bonds is 2. The topological polar surface area (TPSA) is 63.6 Å². The van der Waals surface area contributed by atoms with E-state index in [0.717, 1.165) is 6.08 Å². The molecule has 12 heavy (non-hydrogen) atoms. The first-order chi connectivity index (χ1) is 5.16. The predicted octanol–water partition coefficient (Wildman–Crippen LogP) is 1.34. The van der Waals surface area contributed by atoms with Gasteiger partial charge >= 0.3 is 12.1 Å². The Morgan fingerprint density at radius 2 is 1.92 bits per heavy atom. The fourth-order valence-electron chi connectivity index (χ4n) is 0.365. The largest absolute Gasteiger partial charge is 0.513 e. The molecule has 0 atom stereocenters. The van der Waals surface area contributed by atoms with E-state index < -0.39 is 12.1 Å². The van der Waals surface area contributed by atoms with Gasteiger partial charge in [-0.05, 0) is 6.92 Å². The van der Waals surface area contributed by atoms with Gasteiger partial charge in [0, 0.05) is 47.8 Å². The molecule has 0 saturated heterocycles. The monoisotopic (exact) mass is 296 g/mol. The SMILES string of the molecule is C/C=C/C=C/C(=O)OC(=O)O.[Ce]. The molecule has 0 saturated carbocycles. The maximum atomic E-state index is 10.4. The van der Waals surface area contributed by atoms with Crippen molar-refractivity contribution in [1.29, 1.82) is 0 Å². The fourth-order valence-corrected chi connectivity index (χ4v) is 0.365. The minimum Gasteiger partial charge on any atom is -0.449 e. The number of carbonyl (C=O) groups is 2. The molecule has 1 N–H and O–H groups in total. The van der Waals surface area contributed by atoms with E-state index in [0.29, 0.717) is 0 Å². The Balaban J connectivity index is 0. The van der Waals surface area contributed by atoms with Crippen molar-refractivity contribution >= 4 is 12.1 Å². The summed E-state index contributed by atoms with van der Waals surface area (Å²) in [5.41, 5.74) is 0. The minimum atomic E-state index is -1.60. The number of allylic oxidation sites excluding steroid dienone is 3. The van der Waals surface area contributed by atoms with Crippen molar-refractivity contribution < 1.29 is 61.2 Å². The van der Waals surface area contributed by atoms with Crippen LogP contribution in [0.15, 0.2) is 24.3 Å². The quantitative estimate of drug-likeness (QED) is 0.361. The van der Waals surface area contributed by atoms with Gasteiger partial charge in [0.15, 0.2) is 0 Å². The van der Waals surface area contributed by atoms with E-state index in [1.54, 1.807) is 19.1 Å². The molecule has 0 heterocycles. The summed E-state index contributed by atoms with van der Waals surface area (Å²) in [4.78, 5) is 20.2. The molecule has 64 valence electrons. The van der Waals surface area contributed by atoms with Crippen LogP contribution < -0.4 is 0 Å². The Labute approximate surface area is 104 Å². The molecule has 4 nitrogen and oxygen atoms in total. The predicted molar refractivity (Wildman–Crippen MR) is 38.1 cm³/mol. The molecule has 0 radical (unpaired) electrons. The van der Waals surface area contributed by atoms with Crippen LogP contribution in [0.1, 0.15) is 6.92 Å². The van der Waals surface area contributed by atoms with Gasteiger partial charge in [0.1, 0.15) is 0 Å². The Morgan fingerprint density at radius 3 is 2.33 bits per heavy atom. The van der Waals surface area contributed by atoms with Gasteiger partial charge in [-0.15, -0.1) is 0 Å². The second-order valence-corrected chi connectivity index (χ2v) is 1.57. The molecule has 0 aromatic carbocycles. The summed E-state index contributed by atoms with van der Waals surface area (Å²) in [5.74, 6) is -0.893. The van der Waals surface area contributed by atoms with Crippen LogP contribution in [0.5, 0.6) is 0 Å². The van der Waals surface area contributed by atoms with Crippen molar-refractivity contribution in [2.45, 2.75) is 6.92 Å². The Bertz CT molecular complexity index is 207. The summed E-state index contributed by atoms with van der Waals surface area (Å²) >= 11 is 0. The third-order valence-electron chi connectivity index (χ3n) is 0.724. The number of hydrogen-bond acceptors (Lipinski definition) is 3. The van der Waals surface area contributed by atoms with Crippen molar-refractivity contribution in [3.8, 4) is 0 Å². The number of ether oxygens (including phenoxy) is 1. The molecule has 0 aliphatic heterocycles. The average Bonchev–Trinajstić information content (AvgIpc) is 1.86. The summed E-state index contributed by atoms with van der Waals surface area (Å²) in [6.07, 6.45) is 4.10. The molecular weight excluding hydrogens is 288 g/mol. The first-order valence-electron chi connectivity index (χ1n) is 2.91. The zero-order valence-corrected chi connectivity index (χ0v) is 9.62. The minimum absolute atomic E-state index is 0. The van der Waals surface area contributed by atoms with E-state index in [1.807, 2.05) is 0 Å². The number of carbonyl (C=O) groups excluding carboxylic acids is 1. The smallest absolute Gasteiger partial charge is 0.449 e. The van der Waals surface area contributed by atoms with Crippen LogP contribution >= 0.6 is 0 Å². The van der Waals surface area contributed by atoms with Crippen LogP contribution in [0.3, 0.4) is 0 Å². The van der Waals surface area contributed by atoms with E-state index in [2.05, 4.69) is 4.74 Å². The zero-order chi connectivity index (χ0) is 8.69. The van der Waals surface area contributed by atoms with E-state index >= 15 is 0 Å².